The van der Waals surface area contributed by atoms with Crippen LogP contribution in [0.15, 0.2) is 29.4 Å². The van der Waals surface area contributed by atoms with Crippen LogP contribution in [0.25, 0.3) is 0 Å². The molecule has 1 heterocycles. The fraction of sp³-hybridized carbons (Fsp3) is 0.333. The minimum atomic E-state index is -3.55. The van der Waals surface area contributed by atoms with E-state index >= 15 is 0 Å². The van der Waals surface area contributed by atoms with Gasteiger partial charge in [0.25, 0.3) is 0 Å². The van der Waals surface area contributed by atoms with E-state index in [0.29, 0.717) is 0 Å². The van der Waals surface area contributed by atoms with Crippen LogP contribution in [-0.2, 0) is 10.0 Å². The number of amidine groups is 1. The number of rotatable bonds is 5. The molecule has 88 valence electrons. The zero-order valence-corrected chi connectivity index (χ0v) is 9.66. The van der Waals surface area contributed by atoms with E-state index in [4.69, 9.17) is 11.1 Å². The molecule has 7 heteroatoms. The topological polar surface area (TPSA) is 109 Å². The third-order valence-corrected chi connectivity index (χ3v) is 3.46. The second-order valence-electron chi connectivity index (χ2n) is 3.40. The van der Waals surface area contributed by atoms with Crippen LogP contribution in [0.1, 0.15) is 6.92 Å². The first-order chi connectivity index (χ1) is 7.43. The molecule has 0 aliphatic rings. The molecule has 0 spiro atoms. The van der Waals surface area contributed by atoms with Gasteiger partial charge >= 0.3 is 0 Å². The standard InChI is InChI=1S/C9H14N4O2S/c1-7(9(10)11)5-13-16(14,15)8-3-2-4-12-6-8/h2-4,6-7,13H,5H2,1H3,(H3,10,11). The number of aromatic nitrogens is 1. The number of nitrogens with zero attached hydrogens (tertiary/aromatic N) is 1. The molecule has 0 radical (unpaired) electrons. The van der Waals surface area contributed by atoms with E-state index in [-0.39, 0.29) is 23.2 Å². The lowest BCUT2D eigenvalue weighted by Gasteiger charge is -2.11. The normalized spacial score (nSPS) is 13.3. The lowest BCUT2D eigenvalue weighted by Crippen LogP contribution is -2.34. The van der Waals surface area contributed by atoms with Crippen molar-refractivity contribution in [3.05, 3.63) is 24.5 Å². The van der Waals surface area contributed by atoms with Crippen LogP contribution in [0.2, 0.25) is 0 Å². The van der Waals surface area contributed by atoms with Crippen molar-refractivity contribution in [1.29, 1.82) is 5.41 Å². The Bertz CT molecular complexity index is 458. The minimum absolute atomic E-state index is 0.0473. The van der Waals surface area contributed by atoms with Crippen molar-refractivity contribution in [2.24, 2.45) is 11.7 Å². The van der Waals surface area contributed by atoms with Gasteiger partial charge in [-0.05, 0) is 12.1 Å². The van der Waals surface area contributed by atoms with E-state index in [9.17, 15) is 8.42 Å². The van der Waals surface area contributed by atoms with Gasteiger partial charge in [0.15, 0.2) is 0 Å². The van der Waals surface area contributed by atoms with Crippen molar-refractivity contribution >= 4 is 15.9 Å². The molecule has 0 aliphatic heterocycles. The van der Waals surface area contributed by atoms with Gasteiger partial charge in [-0.25, -0.2) is 13.1 Å². The number of nitrogens with two attached hydrogens (primary N) is 1. The van der Waals surface area contributed by atoms with Crippen molar-refractivity contribution < 1.29 is 8.42 Å². The summed E-state index contributed by atoms with van der Waals surface area (Å²) in [7, 11) is -3.55. The Morgan fingerprint density at radius 3 is 2.88 bits per heavy atom. The minimum Gasteiger partial charge on any atom is -0.387 e. The number of pyridine rings is 1. The van der Waals surface area contributed by atoms with Gasteiger partial charge in [-0.3, -0.25) is 10.4 Å². The van der Waals surface area contributed by atoms with Gasteiger partial charge in [-0.1, -0.05) is 6.92 Å². The van der Waals surface area contributed by atoms with E-state index < -0.39 is 10.0 Å². The first-order valence-corrected chi connectivity index (χ1v) is 6.15. The Morgan fingerprint density at radius 2 is 2.38 bits per heavy atom. The molecule has 1 aromatic rings. The average Bonchev–Trinajstić information content (AvgIpc) is 2.27. The summed E-state index contributed by atoms with van der Waals surface area (Å²) in [6, 6.07) is 3.00. The Labute approximate surface area is 94.4 Å². The smallest absolute Gasteiger partial charge is 0.242 e. The molecular formula is C9H14N4O2S. The van der Waals surface area contributed by atoms with Crippen molar-refractivity contribution in [2.45, 2.75) is 11.8 Å². The van der Waals surface area contributed by atoms with Gasteiger partial charge in [0, 0.05) is 24.9 Å². The highest BCUT2D eigenvalue weighted by Crippen LogP contribution is 2.05. The maximum atomic E-state index is 11.7. The summed E-state index contributed by atoms with van der Waals surface area (Å²) in [5.41, 5.74) is 5.24. The summed E-state index contributed by atoms with van der Waals surface area (Å²) in [4.78, 5) is 3.83. The molecule has 1 rings (SSSR count). The molecule has 0 saturated heterocycles. The molecule has 1 unspecified atom stereocenters. The van der Waals surface area contributed by atoms with E-state index in [0.717, 1.165) is 0 Å². The summed E-state index contributed by atoms with van der Waals surface area (Å²) < 4.78 is 25.8. The van der Waals surface area contributed by atoms with Crippen molar-refractivity contribution in [1.82, 2.24) is 9.71 Å². The predicted molar refractivity (Wildman–Crippen MR) is 60.5 cm³/mol. The Morgan fingerprint density at radius 1 is 1.69 bits per heavy atom. The molecule has 4 N–H and O–H groups in total. The first-order valence-electron chi connectivity index (χ1n) is 4.67. The molecule has 0 bridgehead atoms. The highest BCUT2D eigenvalue weighted by Gasteiger charge is 2.15. The molecular weight excluding hydrogens is 228 g/mol. The highest BCUT2D eigenvalue weighted by atomic mass is 32.2. The van der Waals surface area contributed by atoms with Crippen LogP contribution in [-0.4, -0.2) is 25.8 Å². The van der Waals surface area contributed by atoms with E-state index in [1.165, 1.54) is 18.5 Å². The van der Waals surface area contributed by atoms with Gasteiger partial charge in [0.1, 0.15) is 4.90 Å². The zero-order valence-electron chi connectivity index (χ0n) is 8.84. The lowest BCUT2D eigenvalue weighted by molar-refractivity contribution is 0.574. The molecule has 1 atom stereocenters. The van der Waals surface area contributed by atoms with E-state index in [2.05, 4.69) is 9.71 Å². The lowest BCUT2D eigenvalue weighted by atomic mass is 10.2. The SMILES string of the molecule is CC(CNS(=O)(=O)c1cccnc1)C(=N)N. The van der Waals surface area contributed by atoms with Gasteiger partial charge in [0.05, 0.1) is 5.84 Å². The number of hydrogen-bond acceptors (Lipinski definition) is 4. The summed E-state index contributed by atoms with van der Waals surface area (Å²) in [6.45, 7) is 1.78. The number of sulfonamides is 1. The van der Waals surface area contributed by atoms with Crippen molar-refractivity contribution in [2.75, 3.05) is 6.54 Å². The van der Waals surface area contributed by atoms with Crippen LogP contribution >= 0.6 is 0 Å². The van der Waals surface area contributed by atoms with Crippen LogP contribution in [0.4, 0.5) is 0 Å². The molecule has 0 aliphatic carbocycles. The zero-order chi connectivity index (χ0) is 12.2. The average molecular weight is 242 g/mol. The molecule has 6 nitrogen and oxygen atoms in total. The van der Waals surface area contributed by atoms with Crippen LogP contribution in [0, 0.1) is 11.3 Å². The van der Waals surface area contributed by atoms with Gasteiger partial charge in [-0.15, -0.1) is 0 Å². The monoisotopic (exact) mass is 242 g/mol. The fourth-order valence-electron chi connectivity index (χ4n) is 0.934. The Hall–Kier alpha value is -1.47. The molecule has 0 aromatic carbocycles. The van der Waals surface area contributed by atoms with Crippen molar-refractivity contribution in [3.63, 3.8) is 0 Å². The first kappa shape index (κ1) is 12.6. The summed E-state index contributed by atoms with van der Waals surface area (Å²) in [5.74, 6) is -0.375. The maximum absolute atomic E-state index is 11.7. The van der Waals surface area contributed by atoms with Crippen molar-refractivity contribution in [3.8, 4) is 0 Å². The van der Waals surface area contributed by atoms with Gasteiger partial charge in [0.2, 0.25) is 10.0 Å². The molecule has 0 amide bonds. The molecule has 0 saturated carbocycles. The van der Waals surface area contributed by atoms with E-state index in [1.54, 1.807) is 13.0 Å². The third kappa shape index (κ3) is 3.28. The van der Waals surface area contributed by atoms with Crippen LogP contribution in [0.5, 0.6) is 0 Å². The van der Waals surface area contributed by atoms with Crippen LogP contribution in [0.3, 0.4) is 0 Å². The highest BCUT2D eigenvalue weighted by molar-refractivity contribution is 7.89. The number of nitrogens with one attached hydrogen (secondary N) is 2. The summed E-state index contributed by atoms with van der Waals surface area (Å²) in [5, 5.41) is 7.14. The van der Waals surface area contributed by atoms with Gasteiger partial charge in [-0.2, -0.15) is 0 Å². The quantitative estimate of drug-likeness (QED) is 0.496. The third-order valence-electron chi connectivity index (χ3n) is 2.06. The van der Waals surface area contributed by atoms with E-state index in [1.807, 2.05) is 0 Å². The Kier molecular flexibility index (Phi) is 3.97. The molecule has 0 fully saturated rings. The predicted octanol–water partition coefficient (Wildman–Crippen LogP) is -0.0680. The van der Waals surface area contributed by atoms with Crippen LogP contribution < -0.4 is 10.5 Å². The molecule has 16 heavy (non-hydrogen) atoms. The maximum Gasteiger partial charge on any atom is 0.242 e. The molecule has 1 aromatic heterocycles. The fourth-order valence-corrected chi connectivity index (χ4v) is 2.03. The number of hydrogen-bond donors (Lipinski definition) is 3. The second kappa shape index (κ2) is 5.04. The van der Waals surface area contributed by atoms with Gasteiger partial charge < -0.3 is 5.73 Å². The second-order valence-corrected chi connectivity index (χ2v) is 5.16. The summed E-state index contributed by atoms with van der Waals surface area (Å²) >= 11 is 0. The largest absolute Gasteiger partial charge is 0.387 e. The summed E-state index contributed by atoms with van der Waals surface area (Å²) in [6.07, 6.45) is 2.76. The Balaban J connectivity index is 2.71.